The lowest BCUT2D eigenvalue weighted by molar-refractivity contribution is -0.0125. The van der Waals surface area contributed by atoms with Crippen molar-refractivity contribution in [3.63, 3.8) is 0 Å². The van der Waals surface area contributed by atoms with E-state index in [9.17, 15) is 0 Å². The van der Waals surface area contributed by atoms with Crippen molar-refractivity contribution in [1.82, 2.24) is 5.32 Å². The van der Waals surface area contributed by atoms with Gasteiger partial charge in [0.1, 0.15) is 5.76 Å². The van der Waals surface area contributed by atoms with Gasteiger partial charge in [-0.1, -0.05) is 0 Å². The lowest BCUT2D eigenvalue weighted by atomic mass is 9.88. The van der Waals surface area contributed by atoms with Crippen LogP contribution in [0.15, 0.2) is 22.8 Å². The molecule has 1 saturated carbocycles. The third kappa shape index (κ3) is 2.61. The monoisotopic (exact) mass is 209 g/mol. The van der Waals surface area contributed by atoms with E-state index in [2.05, 4.69) is 12.2 Å². The normalized spacial score (nSPS) is 27.3. The van der Waals surface area contributed by atoms with Crippen LogP contribution in [-0.2, 0) is 4.74 Å². The summed E-state index contributed by atoms with van der Waals surface area (Å²) in [5.41, 5.74) is 0. The van der Waals surface area contributed by atoms with Gasteiger partial charge in [-0.3, -0.25) is 0 Å². The first-order valence-corrected chi connectivity index (χ1v) is 5.70. The Bertz CT molecular complexity index is 278. The summed E-state index contributed by atoms with van der Waals surface area (Å²) in [4.78, 5) is 0. The van der Waals surface area contributed by atoms with E-state index in [1.54, 1.807) is 6.26 Å². The highest BCUT2D eigenvalue weighted by atomic mass is 16.5. The summed E-state index contributed by atoms with van der Waals surface area (Å²) in [6.07, 6.45) is 4.44. The predicted molar refractivity (Wildman–Crippen MR) is 58.7 cm³/mol. The molecule has 1 aromatic heterocycles. The molecule has 2 rings (SSSR count). The average Bonchev–Trinajstić information content (AvgIpc) is 2.67. The molecular formula is C12H19NO2. The minimum absolute atomic E-state index is 0.299. The number of nitrogens with one attached hydrogen (secondary N) is 1. The van der Waals surface area contributed by atoms with E-state index in [0.717, 1.165) is 25.2 Å². The molecule has 0 aromatic carbocycles. The second-order valence-corrected chi connectivity index (χ2v) is 4.15. The second kappa shape index (κ2) is 4.81. The number of hydrogen-bond acceptors (Lipinski definition) is 3. The van der Waals surface area contributed by atoms with Gasteiger partial charge in [-0.15, -0.1) is 0 Å². The molecule has 1 atom stereocenters. The van der Waals surface area contributed by atoms with Crippen molar-refractivity contribution in [3.05, 3.63) is 24.2 Å². The van der Waals surface area contributed by atoms with Gasteiger partial charge in [0.05, 0.1) is 18.4 Å². The molecular weight excluding hydrogens is 190 g/mol. The van der Waals surface area contributed by atoms with E-state index in [1.807, 2.05) is 19.1 Å². The zero-order valence-corrected chi connectivity index (χ0v) is 9.40. The lowest BCUT2D eigenvalue weighted by Crippen LogP contribution is -2.46. The molecule has 3 heteroatoms. The topological polar surface area (TPSA) is 34.4 Å². The SMILES string of the molecule is CCOC1CC(N[C@H](C)c2ccco2)C1. The number of hydrogen-bond donors (Lipinski definition) is 1. The van der Waals surface area contributed by atoms with E-state index in [4.69, 9.17) is 9.15 Å². The Morgan fingerprint density at radius 2 is 2.40 bits per heavy atom. The third-order valence-corrected chi connectivity index (χ3v) is 2.95. The standard InChI is InChI=1S/C12H19NO2/c1-3-14-11-7-10(8-11)13-9(2)12-5-4-6-15-12/h4-6,9-11,13H,3,7-8H2,1-2H3/t9-,10?,11?/m1/s1. The number of furan rings is 1. The van der Waals surface area contributed by atoms with Crippen LogP contribution < -0.4 is 5.32 Å². The maximum absolute atomic E-state index is 5.52. The highest BCUT2D eigenvalue weighted by molar-refractivity contribution is 5.04. The number of ether oxygens (including phenoxy) is 1. The molecule has 0 unspecified atom stereocenters. The van der Waals surface area contributed by atoms with E-state index >= 15 is 0 Å². The van der Waals surface area contributed by atoms with Gasteiger partial charge in [-0.05, 0) is 38.8 Å². The largest absolute Gasteiger partial charge is 0.468 e. The highest BCUT2D eigenvalue weighted by Gasteiger charge is 2.30. The highest BCUT2D eigenvalue weighted by Crippen LogP contribution is 2.26. The van der Waals surface area contributed by atoms with Crippen molar-refractivity contribution < 1.29 is 9.15 Å². The fourth-order valence-corrected chi connectivity index (χ4v) is 2.05. The quantitative estimate of drug-likeness (QED) is 0.809. The summed E-state index contributed by atoms with van der Waals surface area (Å²) in [5, 5.41) is 3.53. The van der Waals surface area contributed by atoms with Crippen molar-refractivity contribution in [2.24, 2.45) is 0 Å². The van der Waals surface area contributed by atoms with Crippen molar-refractivity contribution in [3.8, 4) is 0 Å². The molecule has 0 saturated heterocycles. The van der Waals surface area contributed by atoms with Gasteiger partial charge in [-0.25, -0.2) is 0 Å². The molecule has 0 aliphatic heterocycles. The van der Waals surface area contributed by atoms with Gasteiger partial charge < -0.3 is 14.5 Å². The molecule has 1 aliphatic rings. The van der Waals surface area contributed by atoms with Crippen molar-refractivity contribution in [2.45, 2.75) is 44.9 Å². The Morgan fingerprint density at radius 1 is 1.60 bits per heavy atom. The molecule has 1 aliphatic carbocycles. The summed E-state index contributed by atoms with van der Waals surface area (Å²) in [6, 6.07) is 4.82. The zero-order chi connectivity index (χ0) is 10.7. The van der Waals surface area contributed by atoms with Crippen LogP contribution in [0.25, 0.3) is 0 Å². The summed E-state index contributed by atoms with van der Waals surface area (Å²) in [7, 11) is 0. The molecule has 0 amide bonds. The van der Waals surface area contributed by atoms with E-state index in [1.165, 1.54) is 0 Å². The van der Waals surface area contributed by atoms with Crippen molar-refractivity contribution in [1.29, 1.82) is 0 Å². The van der Waals surface area contributed by atoms with Crippen molar-refractivity contribution >= 4 is 0 Å². The van der Waals surface area contributed by atoms with Gasteiger partial charge in [-0.2, -0.15) is 0 Å². The van der Waals surface area contributed by atoms with E-state index in [0.29, 0.717) is 18.2 Å². The predicted octanol–water partition coefficient (Wildman–Crippen LogP) is 2.50. The fourth-order valence-electron chi connectivity index (χ4n) is 2.05. The Labute approximate surface area is 90.8 Å². The van der Waals surface area contributed by atoms with Crippen molar-refractivity contribution in [2.75, 3.05) is 6.61 Å². The third-order valence-electron chi connectivity index (χ3n) is 2.95. The molecule has 0 radical (unpaired) electrons. The van der Waals surface area contributed by atoms with Gasteiger partial charge in [0.2, 0.25) is 0 Å². The maximum Gasteiger partial charge on any atom is 0.120 e. The zero-order valence-electron chi connectivity index (χ0n) is 9.40. The van der Waals surface area contributed by atoms with Crippen LogP contribution in [0.2, 0.25) is 0 Å². The number of rotatable bonds is 5. The Kier molecular flexibility index (Phi) is 3.44. The van der Waals surface area contributed by atoms with Crippen LogP contribution in [0.3, 0.4) is 0 Å². The first kappa shape index (κ1) is 10.7. The minimum atomic E-state index is 0.299. The molecule has 1 aromatic rings. The van der Waals surface area contributed by atoms with Crippen LogP contribution in [0.5, 0.6) is 0 Å². The van der Waals surface area contributed by atoms with E-state index in [-0.39, 0.29) is 0 Å². The van der Waals surface area contributed by atoms with Gasteiger partial charge >= 0.3 is 0 Å². The first-order valence-electron chi connectivity index (χ1n) is 5.70. The van der Waals surface area contributed by atoms with Crippen LogP contribution in [-0.4, -0.2) is 18.8 Å². The summed E-state index contributed by atoms with van der Waals surface area (Å²) >= 11 is 0. The molecule has 1 fully saturated rings. The molecule has 0 spiro atoms. The summed E-state index contributed by atoms with van der Waals surface area (Å²) in [6.45, 7) is 5.00. The Hall–Kier alpha value is -0.800. The Morgan fingerprint density at radius 3 is 3.00 bits per heavy atom. The molecule has 84 valence electrons. The van der Waals surface area contributed by atoms with Gasteiger partial charge in [0.25, 0.3) is 0 Å². The minimum Gasteiger partial charge on any atom is -0.468 e. The summed E-state index contributed by atoms with van der Waals surface area (Å²) in [5.74, 6) is 1.01. The molecule has 1 N–H and O–H groups in total. The van der Waals surface area contributed by atoms with E-state index < -0.39 is 0 Å². The fraction of sp³-hybridized carbons (Fsp3) is 0.667. The van der Waals surface area contributed by atoms with Crippen LogP contribution in [0.1, 0.15) is 38.5 Å². The maximum atomic E-state index is 5.52. The first-order chi connectivity index (χ1) is 7.29. The second-order valence-electron chi connectivity index (χ2n) is 4.15. The van der Waals surface area contributed by atoms with Crippen LogP contribution in [0.4, 0.5) is 0 Å². The average molecular weight is 209 g/mol. The molecule has 1 heterocycles. The smallest absolute Gasteiger partial charge is 0.120 e. The molecule has 3 nitrogen and oxygen atoms in total. The molecule has 15 heavy (non-hydrogen) atoms. The van der Waals surface area contributed by atoms with Gasteiger partial charge in [0.15, 0.2) is 0 Å². The van der Waals surface area contributed by atoms with Gasteiger partial charge in [0, 0.05) is 12.6 Å². The Balaban J connectivity index is 1.71. The summed E-state index contributed by atoms with van der Waals surface area (Å²) < 4.78 is 10.9. The van der Waals surface area contributed by atoms with Crippen LogP contribution >= 0.6 is 0 Å². The molecule has 0 bridgehead atoms. The van der Waals surface area contributed by atoms with Crippen LogP contribution in [0, 0.1) is 0 Å². The lowest BCUT2D eigenvalue weighted by Gasteiger charge is -2.37.